The average Bonchev–Trinajstić information content (AvgIpc) is 2.95. The highest BCUT2D eigenvalue weighted by molar-refractivity contribution is 5.85. The number of aliphatic hydroxyl groups is 2. The van der Waals surface area contributed by atoms with E-state index in [2.05, 4.69) is 17.2 Å². The number of likely N-dealkylation sites (N-methyl/N-ethyl adjacent to an activating group) is 1. The molecule has 248 valence electrons. The molecule has 0 unspecified atom stereocenters. The summed E-state index contributed by atoms with van der Waals surface area (Å²) in [5.74, 6) is -2.57. The number of rotatable bonds is 23. The monoisotopic (exact) mass is 620 g/mol. The highest BCUT2D eigenvalue weighted by Gasteiger charge is 2.46. The standard InChI is InChI=1S/C27H48N4O12/c1-5-8-38-10-12-40-14-15-41-13-11-39-9-7-31(6-2)27(37)43-24(21(34)17-32)25-23(30-19(4)33)20(29-18(3)28)16-22(42-25)26(35)36/h16,20-21,23-25,29,32,34H,3,5-15,17,28H2,1-2,4H3,(H,30,33)(H,35,36)/t20-,21-,23+,24-,25+/m1/s1. The molecule has 16 heteroatoms. The molecule has 0 saturated heterocycles. The Balaban J connectivity index is 2.74. The number of carboxylic acids is 1. The number of nitrogens with zero attached hydrogens (tertiary/aromatic N) is 1. The molecule has 1 rings (SSSR count). The van der Waals surface area contributed by atoms with E-state index in [4.69, 9.17) is 34.2 Å². The Kier molecular flexibility index (Phi) is 19.0. The van der Waals surface area contributed by atoms with Gasteiger partial charge in [-0.2, -0.15) is 0 Å². The van der Waals surface area contributed by atoms with Crippen LogP contribution in [0.2, 0.25) is 0 Å². The molecule has 5 atom stereocenters. The first kappa shape index (κ1) is 37.9. The minimum atomic E-state index is -1.69. The number of aliphatic hydroxyl groups excluding tert-OH is 2. The van der Waals surface area contributed by atoms with Crippen molar-refractivity contribution in [1.29, 1.82) is 0 Å². The predicted octanol–water partition coefficient (Wildman–Crippen LogP) is -1.10. The van der Waals surface area contributed by atoms with E-state index in [-0.39, 0.29) is 32.1 Å². The van der Waals surface area contributed by atoms with Gasteiger partial charge in [0.05, 0.1) is 70.8 Å². The summed E-state index contributed by atoms with van der Waals surface area (Å²) in [6, 6.07) is -2.05. The van der Waals surface area contributed by atoms with E-state index in [1.165, 1.54) is 11.8 Å². The fourth-order valence-corrected chi connectivity index (χ4v) is 3.99. The van der Waals surface area contributed by atoms with Gasteiger partial charge in [0.1, 0.15) is 6.10 Å². The van der Waals surface area contributed by atoms with Crippen molar-refractivity contribution >= 4 is 18.0 Å². The van der Waals surface area contributed by atoms with Gasteiger partial charge in [-0.1, -0.05) is 13.5 Å². The second kappa shape index (κ2) is 21.5. The van der Waals surface area contributed by atoms with Crippen LogP contribution in [0.1, 0.15) is 27.2 Å². The summed E-state index contributed by atoms with van der Waals surface area (Å²) in [6.45, 7) is 11.3. The molecule has 7 N–H and O–H groups in total. The van der Waals surface area contributed by atoms with Crippen LogP contribution < -0.4 is 16.4 Å². The Morgan fingerprint density at radius 2 is 1.58 bits per heavy atom. The fourth-order valence-electron chi connectivity index (χ4n) is 3.99. The van der Waals surface area contributed by atoms with Crippen LogP contribution in [0.25, 0.3) is 0 Å². The smallest absolute Gasteiger partial charge is 0.410 e. The molecule has 0 aliphatic carbocycles. The molecule has 0 radical (unpaired) electrons. The highest BCUT2D eigenvalue weighted by atomic mass is 16.6. The fraction of sp³-hybridized carbons (Fsp3) is 0.741. The number of ether oxygens (including phenoxy) is 6. The quantitative estimate of drug-likeness (QED) is 0.0747. The first-order chi connectivity index (χ1) is 20.5. The topological polar surface area (TPSA) is 221 Å². The van der Waals surface area contributed by atoms with Crippen molar-refractivity contribution in [3.8, 4) is 0 Å². The molecule has 0 aromatic rings. The zero-order chi connectivity index (χ0) is 32.2. The summed E-state index contributed by atoms with van der Waals surface area (Å²) in [5, 5.41) is 35.2. The van der Waals surface area contributed by atoms with Crippen LogP contribution in [0.3, 0.4) is 0 Å². The molecule has 43 heavy (non-hydrogen) atoms. The van der Waals surface area contributed by atoms with E-state index in [0.717, 1.165) is 12.5 Å². The number of nitrogens with two attached hydrogens (primary N) is 1. The number of amides is 2. The highest BCUT2D eigenvalue weighted by Crippen LogP contribution is 2.25. The van der Waals surface area contributed by atoms with Gasteiger partial charge >= 0.3 is 12.1 Å². The summed E-state index contributed by atoms with van der Waals surface area (Å²) in [4.78, 5) is 38.1. The van der Waals surface area contributed by atoms with Crippen LogP contribution in [0.4, 0.5) is 4.79 Å². The van der Waals surface area contributed by atoms with Gasteiger partial charge in [-0.05, 0) is 19.4 Å². The lowest BCUT2D eigenvalue weighted by atomic mass is 9.91. The second-order valence-electron chi connectivity index (χ2n) is 9.47. The van der Waals surface area contributed by atoms with Crippen molar-refractivity contribution in [2.24, 2.45) is 5.73 Å². The zero-order valence-electron chi connectivity index (χ0n) is 25.2. The molecule has 0 aromatic heterocycles. The van der Waals surface area contributed by atoms with Gasteiger partial charge in [-0.3, -0.25) is 4.79 Å². The molecule has 0 spiro atoms. The average molecular weight is 621 g/mol. The van der Waals surface area contributed by atoms with Gasteiger partial charge in [0.2, 0.25) is 11.7 Å². The van der Waals surface area contributed by atoms with Crippen LogP contribution in [0.5, 0.6) is 0 Å². The van der Waals surface area contributed by atoms with Crippen molar-refractivity contribution in [2.75, 3.05) is 72.6 Å². The minimum absolute atomic E-state index is 0.0398. The van der Waals surface area contributed by atoms with E-state index in [1.807, 2.05) is 6.92 Å². The van der Waals surface area contributed by atoms with Crippen LogP contribution in [-0.2, 0) is 38.0 Å². The van der Waals surface area contributed by atoms with Crippen molar-refractivity contribution in [1.82, 2.24) is 15.5 Å². The number of hydrogen-bond donors (Lipinski definition) is 6. The second-order valence-corrected chi connectivity index (χ2v) is 9.47. The number of hydrogen-bond acceptors (Lipinski definition) is 13. The molecular weight excluding hydrogens is 572 g/mol. The van der Waals surface area contributed by atoms with E-state index >= 15 is 0 Å². The number of carboxylic acid groups (broad SMARTS) is 1. The van der Waals surface area contributed by atoms with Crippen molar-refractivity contribution in [3.63, 3.8) is 0 Å². The molecule has 1 heterocycles. The molecule has 0 aromatic carbocycles. The van der Waals surface area contributed by atoms with Gasteiger partial charge in [0.25, 0.3) is 0 Å². The van der Waals surface area contributed by atoms with Crippen LogP contribution in [0, 0.1) is 0 Å². The maximum atomic E-state index is 13.1. The lowest BCUT2D eigenvalue weighted by Gasteiger charge is -2.41. The minimum Gasteiger partial charge on any atom is -0.477 e. The Hall–Kier alpha value is -3.15. The van der Waals surface area contributed by atoms with Crippen molar-refractivity contribution in [3.05, 3.63) is 24.2 Å². The van der Waals surface area contributed by atoms with Gasteiger partial charge < -0.3 is 65.0 Å². The SMILES string of the molecule is C=C(N)N[C@@H]1C=C(C(=O)O)O[C@H]([C@H](OC(=O)N(CC)CCOCCOCCOCCOCCC)[C@H](O)CO)[C@H]1NC(C)=O. The van der Waals surface area contributed by atoms with Crippen LogP contribution >= 0.6 is 0 Å². The number of nitrogens with one attached hydrogen (secondary N) is 2. The summed E-state index contributed by atoms with van der Waals surface area (Å²) in [5.41, 5.74) is 5.66. The first-order valence-corrected chi connectivity index (χ1v) is 14.2. The number of carbonyl (C=O) groups excluding carboxylic acids is 2. The van der Waals surface area contributed by atoms with Crippen molar-refractivity contribution < 1.29 is 58.1 Å². The lowest BCUT2D eigenvalue weighted by molar-refractivity contribution is -0.147. The molecule has 1 aliphatic rings. The Morgan fingerprint density at radius 1 is 1.02 bits per heavy atom. The Morgan fingerprint density at radius 3 is 2.05 bits per heavy atom. The van der Waals surface area contributed by atoms with E-state index in [1.54, 1.807) is 6.92 Å². The van der Waals surface area contributed by atoms with E-state index in [9.17, 15) is 29.7 Å². The summed E-state index contributed by atoms with van der Waals surface area (Å²) in [6.07, 6.45) is -3.50. The van der Waals surface area contributed by atoms with E-state index in [0.29, 0.717) is 39.6 Å². The predicted molar refractivity (Wildman–Crippen MR) is 153 cm³/mol. The Bertz CT molecular complexity index is 890. The van der Waals surface area contributed by atoms with Gasteiger partial charge in [0.15, 0.2) is 12.2 Å². The largest absolute Gasteiger partial charge is 0.477 e. The number of carbonyl (C=O) groups is 3. The van der Waals surface area contributed by atoms with Gasteiger partial charge in [0, 0.05) is 26.6 Å². The molecule has 0 bridgehead atoms. The van der Waals surface area contributed by atoms with Crippen molar-refractivity contribution in [2.45, 2.75) is 57.6 Å². The maximum absolute atomic E-state index is 13.1. The molecule has 1 aliphatic heterocycles. The molecular formula is C27H48N4O12. The molecule has 16 nitrogen and oxygen atoms in total. The molecule has 0 saturated carbocycles. The third-order valence-electron chi connectivity index (χ3n) is 6.00. The maximum Gasteiger partial charge on any atom is 0.410 e. The van der Waals surface area contributed by atoms with Crippen LogP contribution in [-0.4, -0.2) is 141 Å². The normalized spacial score (nSPS) is 19.4. The van der Waals surface area contributed by atoms with Gasteiger partial charge in [-0.25, -0.2) is 9.59 Å². The third kappa shape index (κ3) is 14.7. The first-order valence-electron chi connectivity index (χ1n) is 14.2. The molecule has 2 amide bonds. The van der Waals surface area contributed by atoms with E-state index < -0.39 is 60.7 Å². The lowest BCUT2D eigenvalue weighted by Crippen LogP contribution is -2.64. The molecule has 0 fully saturated rings. The van der Waals surface area contributed by atoms with Crippen LogP contribution in [0.15, 0.2) is 24.2 Å². The summed E-state index contributed by atoms with van der Waals surface area (Å²) in [7, 11) is 0. The summed E-state index contributed by atoms with van der Waals surface area (Å²) < 4.78 is 32.8. The third-order valence-corrected chi connectivity index (χ3v) is 6.00. The number of aliphatic carboxylic acids is 1. The van der Waals surface area contributed by atoms with Gasteiger partial charge in [-0.15, -0.1) is 0 Å². The zero-order valence-corrected chi connectivity index (χ0v) is 25.2. The Labute approximate surface area is 252 Å². The summed E-state index contributed by atoms with van der Waals surface area (Å²) >= 11 is 0.